The van der Waals surface area contributed by atoms with E-state index in [9.17, 15) is 9.18 Å². The van der Waals surface area contributed by atoms with E-state index in [0.717, 1.165) is 0 Å². The van der Waals surface area contributed by atoms with Crippen molar-refractivity contribution < 1.29 is 13.9 Å². The molecule has 0 atom stereocenters. The Labute approximate surface area is 137 Å². The first kappa shape index (κ1) is 15.7. The van der Waals surface area contributed by atoms with Crippen LogP contribution in [-0.4, -0.2) is 39.4 Å². The molecule has 8 heteroatoms. The van der Waals surface area contributed by atoms with Gasteiger partial charge in [-0.05, 0) is 18.2 Å². The van der Waals surface area contributed by atoms with Crippen LogP contribution in [0, 0.1) is 5.82 Å². The van der Waals surface area contributed by atoms with Crippen LogP contribution in [0.25, 0.3) is 17.1 Å². The summed E-state index contributed by atoms with van der Waals surface area (Å²) in [7, 11) is 3.08. The van der Waals surface area contributed by atoms with Crippen molar-refractivity contribution in [1.29, 1.82) is 0 Å². The minimum atomic E-state index is -0.402. The number of hydrogen-bond donors (Lipinski definition) is 1. The van der Waals surface area contributed by atoms with Gasteiger partial charge in [-0.25, -0.2) is 9.37 Å². The van der Waals surface area contributed by atoms with E-state index < -0.39 is 5.82 Å². The molecule has 0 aliphatic carbocycles. The van der Waals surface area contributed by atoms with Crippen molar-refractivity contribution in [1.82, 2.24) is 24.6 Å². The second-order valence-electron chi connectivity index (χ2n) is 5.04. The zero-order valence-electron chi connectivity index (χ0n) is 13.2. The normalized spacial score (nSPS) is 10.6. The fraction of sp³-hybridized carbons (Fsp3) is 0.188. The number of carbonyl (C=O) groups excluding carboxylic acids is 1. The molecule has 0 radical (unpaired) electrons. The van der Waals surface area contributed by atoms with Crippen LogP contribution < -0.4 is 10.1 Å². The molecule has 3 aromatic rings. The summed E-state index contributed by atoms with van der Waals surface area (Å²) in [6.07, 6.45) is 6.56. The van der Waals surface area contributed by atoms with Crippen LogP contribution in [0.5, 0.6) is 5.75 Å². The standard InChI is InChI=1S/C16H16FN5O2/c1-18-15(23)10-21-9-11(8-20-21)22-6-5-19-16(22)13-7-12(24-2)3-4-14(13)17/h3-9H,10H2,1-2H3,(H,18,23). The molecule has 0 saturated heterocycles. The highest BCUT2D eigenvalue weighted by atomic mass is 19.1. The Bertz CT molecular complexity index is 871. The predicted octanol–water partition coefficient (Wildman–Crippen LogP) is 1.63. The summed E-state index contributed by atoms with van der Waals surface area (Å²) in [6.45, 7) is 0.105. The van der Waals surface area contributed by atoms with Gasteiger partial charge in [0.25, 0.3) is 0 Å². The van der Waals surface area contributed by atoms with Crippen LogP contribution in [0.3, 0.4) is 0 Å². The Morgan fingerprint density at radius 2 is 2.25 bits per heavy atom. The number of nitrogens with one attached hydrogen (secondary N) is 1. The maximum absolute atomic E-state index is 14.2. The highest BCUT2D eigenvalue weighted by Gasteiger charge is 2.15. The number of halogens is 1. The number of imidazole rings is 1. The Morgan fingerprint density at radius 3 is 3.00 bits per heavy atom. The van der Waals surface area contributed by atoms with Gasteiger partial charge >= 0.3 is 0 Å². The maximum atomic E-state index is 14.2. The molecule has 0 unspecified atom stereocenters. The summed E-state index contributed by atoms with van der Waals surface area (Å²) >= 11 is 0. The van der Waals surface area contributed by atoms with Gasteiger partial charge in [0, 0.05) is 25.6 Å². The van der Waals surface area contributed by atoms with Gasteiger partial charge in [-0.3, -0.25) is 14.0 Å². The zero-order chi connectivity index (χ0) is 17.1. The molecular formula is C16H16FN5O2. The molecule has 1 amide bonds. The van der Waals surface area contributed by atoms with Crippen molar-refractivity contribution in [3.05, 3.63) is 48.8 Å². The molecule has 0 aliphatic rings. The van der Waals surface area contributed by atoms with Crippen LogP contribution in [0.1, 0.15) is 0 Å². The highest BCUT2D eigenvalue weighted by Crippen LogP contribution is 2.27. The van der Waals surface area contributed by atoms with Crippen LogP contribution in [0.4, 0.5) is 4.39 Å². The van der Waals surface area contributed by atoms with Crippen LogP contribution in [0.15, 0.2) is 43.0 Å². The second kappa shape index (κ2) is 6.53. The molecule has 7 nitrogen and oxygen atoms in total. The van der Waals surface area contributed by atoms with E-state index in [1.54, 1.807) is 48.5 Å². The van der Waals surface area contributed by atoms with Crippen molar-refractivity contribution in [2.45, 2.75) is 6.54 Å². The number of hydrogen-bond acceptors (Lipinski definition) is 4. The molecule has 2 aromatic heterocycles. The second-order valence-corrected chi connectivity index (χ2v) is 5.04. The lowest BCUT2D eigenvalue weighted by Gasteiger charge is -2.08. The quantitative estimate of drug-likeness (QED) is 0.772. The molecule has 0 aliphatic heterocycles. The van der Waals surface area contributed by atoms with Crippen molar-refractivity contribution in [2.24, 2.45) is 0 Å². The summed E-state index contributed by atoms with van der Waals surface area (Å²) in [5, 5.41) is 6.67. The topological polar surface area (TPSA) is 74.0 Å². The fourth-order valence-electron chi connectivity index (χ4n) is 2.30. The Hall–Kier alpha value is -3.16. The number of likely N-dealkylation sites (N-methyl/N-ethyl adjacent to an activating group) is 1. The van der Waals surface area contributed by atoms with E-state index >= 15 is 0 Å². The van der Waals surface area contributed by atoms with E-state index in [1.807, 2.05) is 0 Å². The van der Waals surface area contributed by atoms with Crippen LogP contribution in [0.2, 0.25) is 0 Å². The van der Waals surface area contributed by atoms with Crippen molar-refractivity contribution >= 4 is 5.91 Å². The molecule has 24 heavy (non-hydrogen) atoms. The summed E-state index contributed by atoms with van der Waals surface area (Å²) in [6, 6.07) is 4.47. The van der Waals surface area contributed by atoms with Crippen molar-refractivity contribution in [3.63, 3.8) is 0 Å². The van der Waals surface area contributed by atoms with Crippen molar-refractivity contribution in [2.75, 3.05) is 14.2 Å². The smallest absolute Gasteiger partial charge is 0.241 e. The predicted molar refractivity (Wildman–Crippen MR) is 85.4 cm³/mol. The molecule has 1 N–H and O–H groups in total. The Morgan fingerprint density at radius 1 is 1.42 bits per heavy atom. The number of benzene rings is 1. The first-order chi connectivity index (χ1) is 11.6. The van der Waals surface area contributed by atoms with Gasteiger partial charge in [-0.2, -0.15) is 5.10 Å². The van der Waals surface area contributed by atoms with Crippen molar-refractivity contribution in [3.8, 4) is 22.8 Å². The SMILES string of the molecule is CNC(=O)Cn1cc(-n2ccnc2-c2cc(OC)ccc2F)cn1. The van der Waals surface area contributed by atoms with Gasteiger partial charge in [-0.15, -0.1) is 0 Å². The highest BCUT2D eigenvalue weighted by molar-refractivity contribution is 5.75. The third-order valence-corrected chi connectivity index (χ3v) is 3.54. The number of rotatable bonds is 5. The van der Waals surface area contributed by atoms with Gasteiger partial charge in [0.05, 0.1) is 24.6 Å². The third-order valence-electron chi connectivity index (χ3n) is 3.54. The van der Waals surface area contributed by atoms with Gasteiger partial charge in [0.1, 0.15) is 23.9 Å². The summed E-state index contributed by atoms with van der Waals surface area (Å²) in [4.78, 5) is 15.7. The van der Waals surface area contributed by atoms with E-state index in [1.165, 1.54) is 17.9 Å². The first-order valence-corrected chi connectivity index (χ1v) is 7.23. The molecule has 3 rings (SSSR count). The largest absolute Gasteiger partial charge is 0.497 e. The number of nitrogens with zero attached hydrogens (tertiary/aromatic N) is 4. The van der Waals surface area contributed by atoms with Crippen LogP contribution in [-0.2, 0) is 11.3 Å². The number of ether oxygens (including phenoxy) is 1. The Kier molecular flexibility index (Phi) is 4.28. The number of carbonyl (C=O) groups is 1. The molecule has 2 heterocycles. The zero-order valence-corrected chi connectivity index (χ0v) is 13.2. The minimum absolute atomic E-state index is 0.105. The molecule has 124 valence electrons. The van der Waals surface area contributed by atoms with E-state index in [0.29, 0.717) is 22.8 Å². The molecule has 0 bridgehead atoms. The Balaban J connectivity index is 1.98. The molecule has 0 saturated carbocycles. The molecule has 0 spiro atoms. The monoisotopic (exact) mass is 329 g/mol. The summed E-state index contributed by atoms with van der Waals surface area (Å²) < 4.78 is 22.6. The van der Waals surface area contributed by atoms with Gasteiger partial charge < -0.3 is 10.1 Å². The lowest BCUT2D eigenvalue weighted by Crippen LogP contribution is -2.23. The lowest BCUT2D eigenvalue weighted by atomic mass is 10.2. The van der Waals surface area contributed by atoms with E-state index in [2.05, 4.69) is 15.4 Å². The first-order valence-electron chi connectivity index (χ1n) is 7.23. The van der Waals surface area contributed by atoms with Gasteiger partial charge in [-0.1, -0.05) is 0 Å². The van der Waals surface area contributed by atoms with Crippen LogP contribution >= 0.6 is 0 Å². The van der Waals surface area contributed by atoms with E-state index in [-0.39, 0.29) is 12.5 Å². The molecule has 1 aromatic carbocycles. The summed E-state index contributed by atoms with van der Waals surface area (Å²) in [5.74, 6) is 0.400. The molecular weight excluding hydrogens is 313 g/mol. The number of aromatic nitrogens is 4. The maximum Gasteiger partial charge on any atom is 0.241 e. The van der Waals surface area contributed by atoms with Gasteiger partial charge in [0.15, 0.2) is 0 Å². The number of amides is 1. The third kappa shape index (κ3) is 2.98. The minimum Gasteiger partial charge on any atom is -0.497 e. The average Bonchev–Trinajstić information content (AvgIpc) is 3.24. The summed E-state index contributed by atoms with van der Waals surface area (Å²) in [5.41, 5.74) is 0.993. The average molecular weight is 329 g/mol. The molecule has 0 fully saturated rings. The van der Waals surface area contributed by atoms with E-state index in [4.69, 9.17) is 4.74 Å². The van der Waals surface area contributed by atoms with Gasteiger partial charge in [0.2, 0.25) is 5.91 Å². The fourth-order valence-corrected chi connectivity index (χ4v) is 2.30. The number of methoxy groups -OCH3 is 1. The lowest BCUT2D eigenvalue weighted by molar-refractivity contribution is -0.121.